The van der Waals surface area contributed by atoms with E-state index in [1.807, 2.05) is 75.4 Å². The van der Waals surface area contributed by atoms with Gasteiger partial charge in [-0.25, -0.2) is 9.67 Å². The normalized spacial score (nSPS) is 10.7. The summed E-state index contributed by atoms with van der Waals surface area (Å²) in [6, 6.07) is 17.7. The van der Waals surface area contributed by atoms with Crippen LogP contribution in [0.15, 0.2) is 67.0 Å². The Labute approximate surface area is 187 Å². The fraction of sp³-hybridized carbons (Fsp3) is 0.200. The zero-order valence-corrected chi connectivity index (χ0v) is 18.5. The van der Waals surface area contributed by atoms with Crippen LogP contribution < -0.4 is 10.6 Å². The van der Waals surface area contributed by atoms with Gasteiger partial charge in [-0.15, -0.1) is 0 Å². The molecule has 2 aromatic carbocycles. The second kappa shape index (κ2) is 9.43. The number of carbonyl (C=O) groups excluding carboxylic acids is 1. The van der Waals surface area contributed by atoms with Crippen LogP contribution in [0.3, 0.4) is 0 Å². The molecule has 0 unspecified atom stereocenters. The highest BCUT2D eigenvalue weighted by Crippen LogP contribution is 2.13. The van der Waals surface area contributed by atoms with Crippen molar-refractivity contribution in [2.75, 3.05) is 5.32 Å². The molecule has 0 aliphatic heterocycles. The first-order valence-electron chi connectivity index (χ1n) is 10.5. The lowest BCUT2D eigenvalue weighted by atomic mass is 10.1. The maximum absolute atomic E-state index is 12.6. The molecule has 0 spiro atoms. The number of aromatic nitrogens is 4. The monoisotopic (exact) mass is 426 g/mol. The highest BCUT2D eigenvalue weighted by atomic mass is 16.1. The van der Waals surface area contributed by atoms with Crippen molar-refractivity contribution in [3.63, 3.8) is 0 Å². The van der Waals surface area contributed by atoms with Crippen LogP contribution in [0, 0.1) is 20.8 Å². The number of nitrogens with one attached hydrogen (secondary N) is 2. The SMILES string of the molecule is Cc1ccc(CNC(=O)c2cccc(CNc3cncc(-n4nc(C)cc4C)n3)c2)cc1. The molecule has 7 heteroatoms. The number of amides is 1. The molecule has 0 bridgehead atoms. The number of rotatable bonds is 7. The van der Waals surface area contributed by atoms with E-state index >= 15 is 0 Å². The van der Waals surface area contributed by atoms with E-state index in [4.69, 9.17) is 0 Å². The molecule has 0 atom stereocenters. The Morgan fingerprint density at radius 3 is 2.50 bits per heavy atom. The molecule has 0 fully saturated rings. The van der Waals surface area contributed by atoms with E-state index in [9.17, 15) is 4.79 Å². The van der Waals surface area contributed by atoms with Gasteiger partial charge in [0.25, 0.3) is 5.91 Å². The minimum absolute atomic E-state index is 0.0984. The lowest BCUT2D eigenvalue weighted by Gasteiger charge is -2.10. The molecular weight excluding hydrogens is 400 g/mol. The lowest BCUT2D eigenvalue weighted by Crippen LogP contribution is -2.23. The Balaban J connectivity index is 1.39. The summed E-state index contributed by atoms with van der Waals surface area (Å²) in [5.74, 6) is 1.20. The van der Waals surface area contributed by atoms with E-state index in [2.05, 4.69) is 25.7 Å². The summed E-state index contributed by atoms with van der Waals surface area (Å²) in [7, 11) is 0. The largest absolute Gasteiger partial charge is 0.365 e. The Kier molecular flexibility index (Phi) is 6.26. The van der Waals surface area contributed by atoms with Crippen LogP contribution in [0.25, 0.3) is 5.82 Å². The summed E-state index contributed by atoms with van der Waals surface area (Å²) in [6.45, 7) is 6.99. The van der Waals surface area contributed by atoms with Crippen LogP contribution in [-0.2, 0) is 13.1 Å². The van der Waals surface area contributed by atoms with Crippen molar-refractivity contribution in [1.29, 1.82) is 0 Å². The molecule has 2 N–H and O–H groups in total. The summed E-state index contributed by atoms with van der Waals surface area (Å²) in [4.78, 5) is 21.5. The Bertz CT molecular complexity index is 1230. The first-order chi connectivity index (χ1) is 15.5. The number of benzene rings is 2. The van der Waals surface area contributed by atoms with Crippen LogP contribution in [0.4, 0.5) is 5.82 Å². The minimum atomic E-state index is -0.0984. The van der Waals surface area contributed by atoms with E-state index in [1.165, 1.54) is 5.56 Å². The lowest BCUT2D eigenvalue weighted by molar-refractivity contribution is 0.0951. The topological polar surface area (TPSA) is 84.7 Å². The molecule has 0 saturated carbocycles. The van der Waals surface area contributed by atoms with Crippen molar-refractivity contribution in [2.45, 2.75) is 33.9 Å². The van der Waals surface area contributed by atoms with Crippen molar-refractivity contribution in [3.8, 4) is 5.82 Å². The predicted octanol–water partition coefficient (Wildman–Crippen LogP) is 4.13. The highest BCUT2D eigenvalue weighted by molar-refractivity contribution is 5.94. The van der Waals surface area contributed by atoms with E-state index in [1.54, 1.807) is 17.1 Å². The molecule has 0 saturated heterocycles. The van der Waals surface area contributed by atoms with Gasteiger partial charge in [-0.3, -0.25) is 9.78 Å². The summed E-state index contributed by atoms with van der Waals surface area (Å²) in [5.41, 5.74) is 5.80. The van der Waals surface area contributed by atoms with Gasteiger partial charge in [0.05, 0.1) is 18.1 Å². The van der Waals surface area contributed by atoms with Gasteiger partial charge in [0.1, 0.15) is 5.82 Å². The highest BCUT2D eigenvalue weighted by Gasteiger charge is 2.08. The van der Waals surface area contributed by atoms with Crippen LogP contribution >= 0.6 is 0 Å². The zero-order valence-electron chi connectivity index (χ0n) is 18.5. The summed E-state index contributed by atoms with van der Waals surface area (Å²) in [6.07, 6.45) is 3.36. The van der Waals surface area contributed by atoms with Gasteiger partial charge >= 0.3 is 0 Å². The average molecular weight is 427 g/mol. The van der Waals surface area contributed by atoms with Gasteiger partial charge < -0.3 is 10.6 Å². The molecule has 2 aromatic heterocycles. The van der Waals surface area contributed by atoms with Gasteiger partial charge in [0.2, 0.25) is 0 Å². The van der Waals surface area contributed by atoms with Crippen molar-refractivity contribution < 1.29 is 4.79 Å². The zero-order chi connectivity index (χ0) is 22.5. The van der Waals surface area contributed by atoms with E-state index in [0.29, 0.717) is 30.3 Å². The van der Waals surface area contributed by atoms with Crippen molar-refractivity contribution in [3.05, 3.63) is 101 Å². The molecule has 0 radical (unpaired) electrons. The second-order valence-electron chi connectivity index (χ2n) is 7.82. The minimum Gasteiger partial charge on any atom is -0.365 e. The number of hydrogen-bond acceptors (Lipinski definition) is 5. The molecule has 7 nitrogen and oxygen atoms in total. The van der Waals surface area contributed by atoms with E-state index < -0.39 is 0 Å². The predicted molar refractivity (Wildman–Crippen MR) is 125 cm³/mol. The molecule has 1 amide bonds. The molecular formula is C25H26N6O. The number of carbonyl (C=O) groups is 1. The van der Waals surface area contributed by atoms with Crippen LogP contribution in [0.2, 0.25) is 0 Å². The average Bonchev–Trinajstić information content (AvgIpc) is 3.15. The van der Waals surface area contributed by atoms with E-state index in [0.717, 1.165) is 22.5 Å². The third-order valence-corrected chi connectivity index (χ3v) is 5.08. The third-order valence-electron chi connectivity index (χ3n) is 5.08. The summed E-state index contributed by atoms with van der Waals surface area (Å²) >= 11 is 0. The number of nitrogens with zero attached hydrogens (tertiary/aromatic N) is 4. The fourth-order valence-electron chi connectivity index (χ4n) is 3.41. The van der Waals surface area contributed by atoms with Crippen molar-refractivity contribution >= 4 is 11.7 Å². The maximum atomic E-state index is 12.6. The van der Waals surface area contributed by atoms with Gasteiger partial charge in [-0.05, 0) is 50.1 Å². The number of hydrogen-bond donors (Lipinski definition) is 2. The second-order valence-corrected chi connectivity index (χ2v) is 7.82. The summed E-state index contributed by atoms with van der Waals surface area (Å²) in [5, 5.41) is 10.7. The molecule has 4 aromatic rings. The first kappa shape index (κ1) is 21.2. The van der Waals surface area contributed by atoms with Crippen LogP contribution in [0.1, 0.15) is 38.4 Å². The van der Waals surface area contributed by atoms with Crippen molar-refractivity contribution in [2.24, 2.45) is 0 Å². The van der Waals surface area contributed by atoms with Crippen LogP contribution in [-0.4, -0.2) is 25.7 Å². The maximum Gasteiger partial charge on any atom is 0.251 e. The molecule has 32 heavy (non-hydrogen) atoms. The van der Waals surface area contributed by atoms with Gasteiger partial charge in [-0.1, -0.05) is 42.0 Å². The Hall–Kier alpha value is -4.00. The fourth-order valence-corrected chi connectivity index (χ4v) is 3.41. The standard InChI is InChI=1S/C25H26N6O/c1-17-7-9-20(10-8-17)13-28-25(32)22-6-4-5-21(12-22)14-27-23-15-26-16-24(29-23)31-19(3)11-18(2)30-31/h4-12,15-16H,13-14H2,1-3H3,(H,27,29)(H,28,32). The quantitative estimate of drug-likeness (QED) is 0.464. The number of anilines is 1. The van der Waals surface area contributed by atoms with Gasteiger partial charge in [0.15, 0.2) is 5.82 Å². The molecule has 4 rings (SSSR count). The van der Waals surface area contributed by atoms with Gasteiger partial charge in [-0.2, -0.15) is 5.10 Å². The van der Waals surface area contributed by atoms with E-state index in [-0.39, 0.29) is 5.91 Å². The number of aryl methyl sites for hydroxylation is 3. The molecule has 0 aliphatic carbocycles. The Morgan fingerprint density at radius 2 is 1.75 bits per heavy atom. The molecule has 162 valence electrons. The molecule has 2 heterocycles. The summed E-state index contributed by atoms with van der Waals surface area (Å²) < 4.78 is 1.77. The molecule has 0 aliphatic rings. The van der Waals surface area contributed by atoms with Crippen LogP contribution in [0.5, 0.6) is 0 Å². The third kappa shape index (κ3) is 5.18. The van der Waals surface area contributed by atoms with Crippen molar-refractivity contribution in [1.82, 2.24) is 25.1 Å². The van der Waals surface area contributed by atoms with Gasteiger partial charge in [0, 0.05) is 24.3 Å². The Morgan fingerprint density at radius 1 is 0.938 bits per heavy atom. The smallest absolute Gasteiger partial charge is 0.251 e. The first-order valence-corrected chi connectivity index (χ1v) is 10.5.